The highest BCUT2D eigenvalue weighted by molar-refractivity contribution is 6.35. The third-order valence-corrected chi connectivity index (χ3v) is 2.64. The lowest BCUT2D eigenvalue weighted by Gasteiger charge is -2.17. The van der Waals surface area contributed by atoms with Gasteiger partial charge in [-0.05, 0) is 6.07 Å². The summed E-state index contributed by atoms with van der Waals surface area (Å²) in [7, 11) is 1.87. The molecule has 2 aromatic rings. The van der Waals surface area contributed by atoms with E-state index >= 15 is 0 Å². The van der Waals surface area contributed by atoms with Crippen LogP contribution in [0, 0.1) is 0 Å². The average molecular weight is 224 g/mol. The summed E-state index contributed by atoms with van der Waals surface area (Å²) in [5, 5.41) is 5.90. The van der Waals surface area contributed by atoms with Crippen LogP contribution in [-0.2, 0) is 12.5 Å². The van der Waals surface area contributed by atoms with Gasteiger partial charge in [0.05, 0.1) is 10.4 Å². The Hall–Kier alpha value is -1.09. The Morgan fingerprint density at radius 2 is 2.00 bits per heavy atom. The highest BCUT2D eigenvalue weighted by Gasteiger charge is 2.18. The molecule has 0 aliphatic heterocycles. The summed E-state index contributed by atoms with van der Waals surface area (Å²) in [6.07, 6.45) is 1.89. The number of pyridine rings is 1. The predicted molar refractivity (Wildman–Crippen MR) is 62.2 cm³/mol. The van der Waals surface area contributed by atoms with Gasteiger partial charge in [-0.3, -0.25) is 4.68 Å². The van der Waals surface area contributed by atoms with Crippen molar-refractivity contribution in [3.8, 4) is 0 Å². The second-order valence-corrected chi connectivity index (χ2v) is 5.19. The summed E-state index contributed by atoms with van der Waals surface area (Å²) in [4.78, 5) is 4.51. The van der Waals surface area contributed by atoms with Crippen LogP contribution in [0.4, 0.5) is 0 Å². The van der Waals surface area contributed by atoms with Crippen LogP contribution in [0.5, 0.6) is 0 Å². The Bertz CT molecular complexity index is 508. The molecule has 0 unspecified atom stereocenters. The summed E-state index contributed by atoms with van der Waals surface area (Å²) in [5.74, 6) is 0. The predicted octanol–water partition coefficient (Wildman–Crippen LogP) is 2.92. The Labute approximate surface area is 94.1 Å². The van der Waals surface area contributed by atoms with Gasteiger partial charge in [-0.1, -0.05) is 32.4 Å². The fourth-order valence-electron chi connectivity index (χ4n) is 1.46. The fourth-order valence-corrected chi connectivity index (χ4v) is 1.69. The van der Waals surface area contributed by atoms with Crippen LogP contribution in [0.2, 0.25) is 5.02 Å². The van der Waals surface area contributed by atoms with Crippen LogP contribution in [0.15, 0.2) is 12.3 Å². The molecule has 15 heavy (non-hydrogen) atoms. The van der Waals surface area contributed by atoms with Gasteiger partial charge in [-0.2, -0.15) is 5.10 Å². The lowest BCUT2D eigenvalue weighted by Crippen LogP contribution is -2.13. The molecule has 0 fully saturated rings. The van der Waals surface area contributed by atoms with Gasteiger partial charge < -0.3 is 0 Å². The monoisotopic (exact) mass is 223 g/mol. The van der Waals surface area contributed by atoms with Gasteiger partial charge in [0, 0.05) is 24.4 Å². The lowest BCUT2D eigenvalue weighted by atomic mass is 9.91. The normalized spacial score (nSPS) is 12.3. The third kappa shape index (κ3) is 1.84. The molecule has 0 aromatic carbocycles. The van der Waals surface area contributed by atoms with Crippen molar-refractivity contribution in [3.63, 3.8) is 0 Å². The summed E-state index contributed by atoms with van der Waals surface area (Å²) >= 11 is 6.19. The Balaban J connectivity index is 2.72. The molecule has 0 atom stereocenters. The van der Waals surface area contributed by atoms with Crippen molar-refractivity contribution in [3.05, 3.63) is 23.0 Å². The number of nitrogens with zero attached hydrogens (tertiary/aromatic N) is 3. The molecule has 0 aliphatic rings. The van der Waals surface area contributed by atoms with Crippen LogP contribution in [0.25, 0.3) is 11.0 Å². The summed E-state index contributed by atoms with van der Waals surface area (Å²) < 4.78 is 1.73. The molecule has 0 saturated heterocycles. The zero-order valence-corrected chi connectivity index (χ0v) is 10.1. The minimum atomic E-state index is -0.00461. The first-order valence-electron chi connectivity index (χ1n) is 4.88. The topological polar surface area (TPSA) is 30.7 Å². The molecule has 0 saturated carbocycles. The first kappa shape index (κ1) is 10.4. The van der Waals surface area contributed by atoms with Gasteiger partial charge in [0.15, 0.2) is 5.65 Å². The van der Waals surface area contributed by atoms with Crippen LogP contribution in [0.1, 0.15) is 26.5 Å². The van der Waals surface area contributed by atoms with E-state index in [1.807, 2.05) is 19.3 Å². The zero-order valence-electron chi connectivity index (χ0n) is 9.37. The van der Waals surface area contributed by atoms with Crippen LogP contribution < -0.4 is 0 Å². The molecule has 0 spiro atoms. The Morgan fingerprint density at radius 1 is 1.33 bits per heavy atom. The van der Waals surface area contributed by atoms with Gasteiger partial charge >= 0.3 is 0 Å². The van der Waals surface area contributed by atoms with E-state index in [2.05, 4.69) is 30.9 Å². The minimum Gasteiger partial charge on any atom is -0.273 e. The van der Waals surface area contributed by atoms with Crippen molar-refractivity contribution < 1.29 is 0 Å². The van der Waals surface area contributed by atoms with Crippen molar-refractivity contribution in [2.45, 2.75) is 26.2 Å². The molecule has 0 aliphatic carbocycles. The summed E-state index contributed by atoms with van der Waals surface area (Å²) in [6, 6.07) is 1.92. The van der Waals surface area contributed by atoms with E-state index in [9.17, 15) is 0 Å². The highest BCUT2D eigenvalue weighted by Crippen LogP contribution is 2.28. The first-order valence-corrected chi connectivity index (χ1v) is 5.26. The molecule has 0 radical (unpaired) electrons. The number of aryl methyl sites for hydroxylation is 1. The van der Waals surface area contributed by atoms with E-state index in [1.165, 1.54) is 0 Å². The van der Waals surface area contributed by atoms with Gasteiger partial charge in [-0.25, -0.2) is 4.98 Å². The number of hydrogen-bond acceptors (Lipinski definition) is 2. The molecule has 80 valence electrons. The van der Waals surface area contributed by atoms with E-state index in [0.29, 0.717) is 0 Å². The standard InChI is InChI=1S/C11H14ClN3/c1-11(2,3)9-5-8(12)7-6-15(4)14-10(7)13-9/h5-6H,1-4H3. The van der Waals surface area contributed by atoms with Crippen molar-refractivity contribution in [1.82, 2.24) is 14.8 Å². The van der Waals surface area contributed by atoms with Gasteiger partial charge in [0.25, 0.3) is 0 Å². The van der Waals surface area contributed by atoms with Crippen molar-refractivity contribution >= 4 is 22.6 Å². The molecule has 3 nitrogen and oxygen atoms in total. The second-order valence-electron chi connectivity index (χ2n) is 4.78. The number of fused-ring (bicyclic) bond motifs is 1. The smallest absolute Gasteiger partial charge is 0.182 e. The maximum atomic E-state index is 6.19. The average Bonchev–Trinajstić information content (AvgIpc) is 2.44. The molecular weight excluding hydrogens is 210 g/mol. The largest absolute Gasteiger partial charge is 0.273 e. The second kappa shape index (κ2) is 3.20. The maximum Gasteiger partial charge on any atom is 0.182 e. The SMILES string of the molecule is Cn1cc2c(Cl)cc(C(C)(C)C)nc2n1. The molecular formula is C11H14ClN3. The van der Waals surface area contributed by atoms with Crippen LogP contribution in [0.3, 0.4) is 0 Å². The number of rotatable bonds is 0. The number of aromatic nitrogens is 3. The summed E-state index contributed by atoms with van der Waals surface area (Å²) in [5.41, 5.74) is 1.68. The van der Waals surface area contributed by atoms with Gasteiger partial charge in [-0.15, -0.1) is 0 Å². The Kier molecular flexibility index (Phi) is 2.23. The number of hydrogen-bond donors (Lipinski definition) is 0. The zero-order chi connectivity index (χ0) is 11.2. The van der Waals surface area contributed by atoms with E-state index < -0.39 is 0 Å². The van der Waals surface area contributed by atoms with E-state index in [0.717, 1.165) is 21.7 Å². The van der Waals surface area contributed by atoms with E-state index in [1.54, 1.807) is 4.68 Å². The van der Waals surface area contributed by atoms with Gasteiger partial charge in [0.2, 0.25) is 0 Å². The molecule has 0 amide bonds. The molecule has 0 bridgehead atoms. The van der Waals surface area contributed by atoms with Crippen LogP contribution >= 0.6 is 11.6 Å². The minimum absolute atomic E-state index is 0.00461. The Morgan fingerprint density at radius 3 is 2.60 bits per heavy atom. The molecule has 0 N–H and O–H groups in total. The number of halogens is 1. The van der Waals surface area contributed by atoms with Crippen molar-refractivity contribution in [1.29, 1.82) is 0 Å². The summed E-state index contributed by atoms with van der Waals surface area (Å²) in [6.45, 7) is 6.33. The lowest BCUT2D eigenvalue weighted by molar-refractivity contribution is 0.570. The maximum absolute atomic E-state index is 6.19. The molecule has 4 heteroatoms. The first-order chi connectivity index (χ1) is 6.88. The van der Waals surface area contributed by atoms with Crippen LogP contribution in [-0.4, -0.2) is 14.8 Å². The van der Waals surface area contributed by atoms with E-state index in [4.69, 9.17) is 11.6 Å². The quantitative estimate of drug-likeness (QED) is 0.688. The van der Waals surface area contributed by atoms with Crippen molar-refractivity contribution in [2.24, 2.45) is 7.05 Å². The molecule has 2 rings (SSSR count). The molecule has 2 heterocycles. The van der Waals surface area contributed by atoms with Crippen molar-refractivity contribution in [2.75, 3.05) is 0 Å². The third-order valence-electron chi connectivity index (χ3n) is 2.32. The van der Waals surface area contributed by atoms with Gasteiger partial charge in [0.1, 0.15) is 0 Å². The highest BCUT2D eigenvalue weighted by atomic mass is 35.5. The molecule has 2 aromatic heterocycles. The fraction of sp³-hybridized carbons (Fsp3) is 0.455. The van der Waals surface area contributed by atoms with E-state index in [-0.39, 0.29) is 5.41 Å².